The molecular formula is C24H41NO3. The minimum absolute atomic E-state index is 0.0535. The van der Waals surface area contributed by atoms with Crippen molar-refractivity contribution in [2.45, 2.75) is 110 Å². The number of Topliss-reactive ketones (excluding diaryl/α,β-unsaturated/α-hetero) is 1. The molecule has 28 heavy (non-hydrogen) atoms. The molecule has 0 aliphatic carbocycles. The number of aromatic carboxylic acids is 1. The summed E-state index contributed by atoms with van der Waals surface area (Å²) >= 11 is 0. The van der Waals surface area contributed by atoms with Gasteiger partial charge in [0, 0.05) is 25.2 Å². The molecule has 4 heteroatoms. The topological polar surface area (TPSA) is 59.3 Å². The Bertz CT molecular complexity index is 562. The summed E-state index contributed by atoms with van der Waals surface area (Å²) in [5.74, 6) is -0.939. The molecule has 160 valence electrons. The van der Waals surface area contributed by atoms with Gasteiger partial charge in [-0.2, -0.15) is 0 Å². The number of ketones is 1. The van der Waals surface area contributed by atoms with E-state index in [1.165, 1.54) is 94.1 Å². The summed E-state index contributed by atoms with van der Waals surface area (Å²) in [7, 11) is 1.66. The molecule has 1 heterocycles. The summed E-state index contributed by atoms with van der Waals surface area (Å²) < 4.78 is 1.50. The molecule has 1 aromatic heterocycles. The summed E-state index contributed by atoms with van der Waals surface area (Å²) in [5.41, 5.74) is 0.685. The highest BCUT2D eigenvalue weighted by Gasteiger charge is 2.14. The number of rotatable bonds is 18. The zero-order valence-corrected chi connectivity index (χ0v) is 18.2. The molecule has 0 atom stereocenters. The van der Waals surface area contributed by atoms with Crippen molar-refractivity contribution in [1.82, 2.24) is 4.57 Å². The maximum absolute atomic E-state index is 12.2. The first-order valence-electron chi connectivity index (χ1n) is 11.5. The second kappa shape index (κ2) is 15.4. The Balaban J connectivity index is 1.92. The van der Waals surface area contributed by atoms with Gasteiger partial charge in [0.05, 0.1) is 0 Å². The molecule has 4 nitrogen and oxygen atoms in total. The van der Waals surface area contributed by atoms with Gasteiger partial charge in [-0.05, 0) is 12.5 Å². The van der Waals surface area contributed by atoms with Crippen LogP contribution in [0.2, 0.25) is 0 Å². The lowest BCUT2D eigenvalue weighted by molar-refractivity contribution is 0.0686. The Labute approximate surface area is 171 Å². The lowest BCUT2D eigenvalue weighted by atomic mass is 10.0. The van der Waals surface area contributed by atoms with E-state index in [-0.39, 0.29) is 11.5 Å². The number of nitrogens with zero attached hydrogens (tertiary/aromatic N) is 1. The van der Waals surface area contributed by atoms with Gasteiger partial charge in [-0.15, -0.1) is 0 Å². The molecule has 0 saturated carbocycles. The molecule has 0 aliphatic heterocycles. The molecule has 0 saturated heterocycles. The molecular weight excluding hydrogens is 350 g/mol. The molecule has 1 rings (SSSR count). The first kappa shape index (κ1) is 24.5. The van der Waals surface area contributed by atoms with Crippen LogP contribution in [0, 0.1) is 0 Å². The SMILES string of the molecule is CCCCCCCCCCCCCCCCCC(=O)c1cc(C(=O)O)n(C)c1. The van der Waals surface area contributed by atoms with Crippen molar-refractivity contribution < 1.29 is 14.7 Å². The Morgan fingerprint density at radius 2 is 1.21 bits per heavy atom. The second-order valence-electron chi connectivity index (χ2n) is 8.15. The number of carboxylic acid groups (broad SMARTS) is 1. The number of hydrogen-bond donors (Lipinski definition) is 1. The summed E-state index contributed by atoms with van der Waals surface area (Å²) in [5, 5.41) is 9.05. The van der Waals surface area contributed by atoms with E-state index in [0.29, 0.717) is 12.0 Å². The number of unbranched alkanes of at least 4 members (excludes halogenated alkanes) is 14. The minimum atomic E-state index is -0.992. The van der Waals surface area contributed by atoms with Crippen molar-refractivity contribution in [3.63, 3.8) is 0 Å². The van der Waals surface area contributed by atoms with E-state index in [0.717, 1.165) is 12.8 Å². The maximum Gasteiger partial charge on any atom is 0.352 e. The van der Waals surface area contributed by atoms with Crippen molar-refractivity contribution in [2.24, 2.45) is 7.05 Å². The fourth-order valence-electron chi connectivity index (χ4n) is 3.73. The summed E-state index contributed by atoms with van der Waals surface area (Å²) in [4.78, 5) is 23.2. The summed E-state index contributed by atoms with van der Waals surface area (Å²) in [6, 6.07) is 1.48. The third kappa shape index (κ3) is 10.7. The molecule has 1 N–H and O–H groups in total. The number of carboxylic acids is 1. The van der Waals surface area contributed by atoms with Gasteiger partial charge < -0.3 is 9.67 Å². The smallest absolute Gasteiger partial charge is 0.352 e. The second-order valence-corrected chi connectivity index (χ2v) is 8.15. The molecule has 0 unspecified atom stereocenters. The molecule has 0 radical (unpaired) electrons. The van der Waals surface area contributed by atoms with Crippen LogP contribution in [0.1, 0.15) is 131 Å². The summed E-state index contributed by atoms with van der Waals surface area (Å²) in [6.07, 6.45) is 21.8. The van der Waals surface area contributed by atoms with Gasteiger partial charge in [0.2, 0.25) is 0 Å². The first-order valence-corrected chi connectivity index (χ1v) is 11.5. The van der Waals surface area contributed by atoms with Crippen LogP contribution in [0.5, 0.6) is 0 Å². The van der Waals surface area contributed by atoms with Gasteiger partial charge in [0.15, 0.2) is 5.78 Å². The average Bonchev–Trinajstić information content (AvgIpc) is 3.07. The highest BCUT2D eigenvalue weighted by atomic mass is 16.4. The number of carbonyl (C=O) groups is 2. The molecule has 0 fully saturated rings. The fraction of sp³-hybridized carbons (Fsp3) is 0.750. The van der Waals surface area contributed by atoms with Crippen molar-refractivity contribution >= 4 is 11.8 Å². The molecule has 0 bridgehead atoms. The van der Waals surface area contributed by atoms with E-state index in [2.05, 4.69) is 6.92 Å². The van der Waals surface area contributed by atoms with E-state index >= 15 is 0 Å². The zero-order valence-electron chi connectivity index (χ0n) is 18.2. The molecule has 0 aromatic carbocycles. The van der Waals surface area contributed by atoms with E-state index in [1.54, 1.807) is 13.2 Å². The van der Waals surface area contributed by atoms with Gasteiger partial charge in [0.25, 0.3) is 0 Å². The average molecular weight is 392 g/mol. The van der Waals surface area contributed by atoms with Crippen LogP contribution in [-0.4, -0.2) is 21.4 Å². The van der Waals surface area contributed by atoms with Crippen LogP contribution in [0.3, 0.4) is 0 Å². The van der Waals surface area contributed by atoms with Gasteiger partial charge in [0.1, 0.15) is 5.69 Å². The van der Waals surface area contributed by atoms with Crippen LogP contribution >= 0.6 is 0 Å². The highest BCUT2D eigenvalue weighted by molar-refractivity contribution is 5.98. The predicted molar refractivity (Wildman–Crippen MR) is 116 cm³/mol. The third-order valence-electron chi connectivity index (χ3n) is 5.55. The maximum atomic E-state index is 12.2. The third-order valence-corrected chi connectivity index (χ3v) is 5.55. The Kier molecular flexibility index (Phi) is 13.4. The lowest BCUT2D eigenvalue weighted by Crippen LogP contribution is -2.02. The van der Waals surface area contributed by atoms with Crippen LogP contribution in [0.4, 0.5) is 0 Å². The molecule has 0 aliphatic rings. The van der Waals surface area contributed by atoms with Crippen LogP contribution in [-0.2, 0) is 7.05 Å². The molecule has 0 amide bonds. The predicted octanol–water partition coefficient (Wildman–Crippen LogP) is 7.17. The van der Waals surface area contributed by atoms with Gasteiger partial charge in [-0.25, -0.2) is 4.79 Å². The van der Waals surface area contributed by atoms with Crippen molar-refractivity contribution in [3.8, 4) is 0 Å². The van der Waals surface area contributed by atoms with Gasteiger partial charge >= 0.3 is 5.97 Å². The first-order chi connectivity index (χ1) is 13.6. The summed E-state index contributed by atoms with van der Waals surface area (Å²) in [6.45, 7) is 2.27. The number of carbonyl (C=O) groups excluding carboxylic acids is 1. The van der Waals surface area contributed by atoms with Crippen LogP contribution in [0.15, 0.2) is 12.3 Å². The van der Waals surface area contributed by atoms with Crippen molar-refractivity contribution in [1.29, 1.82) is 0 Å². The Morgan fingerprint density at radius 3 is 1.61 bits per heavy atom. The molecule has 0 spiro atoms. The number of aromatic nitrogens is 1. The monoisotopic (exact) mass is 391 g/mol. The van der Waals surface area contributed by atoms with Crippen LogP contribution < -0.4 is 0 Å². The zero-order chi connectivity index (χ0) is 20.6. The van der Waals surface area contributed by atoms with E-state index in [9.17, 15) is 9.59 Å². The largest absolute Gasteiger partial charge is 0.477 e. The van der Waals surface area contributed by atoms with Crippen molar-refractivity contribution in [2.75, 3.05) is 0 Å². The highest BCUT2D eigenvalue weighted by Crippen LogP contribution is 2.15. The van der Waals surface area contributed by atoms with E-state index in [1.807, 2.05) is 0 Å². The lowest BCUT2D eigenvalue weighted by Gasteiger charge is -2.03. The van der Waals surface area contributed by atoms with Crippen molar-refractivity contribution in [3.05, 3.63) is 23.5 Å². The van der Waals surface area contributed by atoms with E-state index < -0.39 is 5.97 Å². The van der Waals surface area contributed by atoms with Gasteiger partial charge in [-0.3, -0.25) is 4.79 Å². The minimum Gasteiger partial charge on any atom is -0.477 e. The Hall–Kier alpha value is -1.58. The van der Waals surface area contributed by atoms with Crippen LogP contribution in [0.25, 0.3) is 0 Å². The normalized spacial score (nSPS) is 11.1. The standard InChI is InChI=1S/C24H41NO3/c1-3-4-5-6-7-8-9-10-11-12-13-14-15-16-17-18-23(26)21-19-22(24(27)28)25(2)20-21/h19-20H,3-18H2,1-2H3,(H,27,28). The Morgan fingerprint density at radius 1 is 0.786 bits per heavy atom. The van der Waals surface area contributed by atoms with Gasteiger partial charge in [-0.1, -0.05) is 96.8 Å². The quantitative estimate of drug-likeness (QED) is 0.213. The fourth-order valence-corrected chi connectivity index (χ4v) is 3.73. The number of aryl methyl sites for hydroxylation is 1. The van der Waals surface area contributed by atoms with E-state index in [4.69, 9.17) is 5.11 Å². The molecule has 1 aromatic rings. The number of hydrogen-bond acceptors (Lipinski definition) is 2.